The fraction of sp³-hybridized carbons (Fsp3) is 0.278. The monoisotopic (exact) mass is 426 g/mol. The maximum atomic E-state index is 12.4. The van der Waals surface area contributed by atoms with Crippen molar-refractivity contribution >= 4 is 33.2 Å². The van der Waals surface area contributed by atoms with Gasteiger partial charge in [-0.05, 0) is 30.3 Å². The first-order chi connectivity index (χ1) is 13.4. The second-order valence-electron chi connectivity index (χ2n) is 5.85. The van der Waals surface area contributed by atoms with Crippen LogP contribution in [0.25, 0.3) is 0 Å². The highest BCUT2D eigenvalue weighted by Crippen LogP contribution is 2.32. The lowest BCUT2D eigenvalue weighted by Crippen LogP contribution is -2.28. The van der Waals surface area contributed by atoms with E-state index in [0.717, 1.165) is 0 Å². The van der Waals surface area contributed by atoms with E-state index < -0.39 is 10.0 Å². The van der Waals surface area contributed by atoms with Gasteiger partial charge in [-0.3, -0.25) is 4.79 Å². The van der Waals surface area contributed by atoms with Gasteiger partial charge in [0, 0.05) is 24.1 Å². The molecule has 0 bridgehead atoms. The highest BCUT2D eigenvalue weighted by Gasteiger charge is 2.19. The number of ether oxygens (including phenoxy) is 3. The van der Waals surface area contributed by atoms with Crippen LogP contribution in [0.4, 0.5) is 5.69 Å². The van der Waals surface area contributed by atoms with E-state index in [1.807, 2.05) is 0 Å². The maximum absolute atomic E-state index is 12.4. The Morgan fingerprint density at radius 1 is 1.14 bits per heavy atom. The molecule has 2 aromatic rings. The Morgan fingerprint density at radius 3 is 2.64 bits per heavy atom. The molecule has 0 unspecified atom stereocenters. The molecule has 0 aliphatic carbocycles. The number of carbonyl (C=O) groups is 1. The molecule has 3 rings (SSSR count). The van der Waals surface area contributed by atoms with Crippen LogP contribution in [-0.4, -0.2) is 41.2 Å². The zero-order valence-electron chi connectivity index (χ0n) is 15.0. The Labute approximate surface area is 167 Å². The van der Waals surface area contributed by atoms with E-state index in [-0.39, 0.29) is 23.8 Å². The van der Waals surface area contributed by atoms with Gasteiger partial charge in [-0.15, -0.1) is 0 Å². The third kappa shape index (κ3) is 4.86. The molecule has 0 saturated carbocycles. The van der Waals surface area contributed by atoms with Crippen LogP contribution in [0.15, 0.2) is 41.3 Å². The van der Waals surface area contributed by atoms with Gasteiger partial charge in [-0.2, -0.15) is 0 Å². The van der Waals surface area contributed by atoms with Gasteiger partial charge < -0.3 is 19.5 Å². The lowest BCUT2D eigenvalue weighted by Gasteiger charge is -2.18. The fourth-order valence-electron chi connectivity index (χ4n) is 2.56. The van der Waals surface area contributed by atoms with Gasteiger partial charge in [0.05, 0.1) is 17.7 Å². The van der Waals surface area contributed by atoms with E-state index in [1.165, 1.54) is 19.2 Å². The average molecular weight is 427 g/mol. The van der Waals surface area contributed by atoms with Crippen molar-refractivity contribution in [1.82, 2.24) is 4.72 Å². The van der Waals surface area contributed by atoms with Crippen LogP contribution in [0.2, 0.25) is 5.02 Å². The standard InChI is InChI=1S/C18H19ClN2O6S/c1-25-15-4-2-12(19)10-14(15)21-18(22)6-7-20-28(23,24)13-3-5-16-17(11-13)27-9-8-26-16/h2-5,10-11,20H,6-9H2,1H3,(H,21,22). The van der Waals surface area contributed by atoms with Crippen LogP contribution in [-0.2, 0) is 14.8 Å². The van der Waals surface area contributed by atoms with Crippen molar-refractivity contribution < 1.29 is 27.4 Å². The molecule has 150 valence electrons. The molecule has 2 N–H and O–H groups in total. The fourth-order valence-corrected chi connectivity index (χ4v) is 3.78. The van der Waals surface area contributed by atoms with Crippen molar-refractivity contribution in [2.75, 3.05) is 32.2 Å². The Balaban J connectivity index is 1.58. The normalized spacial score (nSPS) is 13.1. The third-order valence-corrected chi connectivity index (χ3v) is 5.60. The van der Waals surface area contributed by atoms with Crippen molar-refractivity contribution in [2.24, 2.45) is 0 Å². The Morgan fingerprint density at radius 2 is 1.89 bits per heavy atom. The van der Waals surface area contributed by atoms with Crippen molar-refractivity contribution in [1.29, 1.82) is 0 Å². The zero-order chi connectivity index (χ0) is 20.1. The molecule has 8 nitrogen and oxygen atoms in total. The quantitative estimate of drug-likeness (QED) is 0.704. The summed E-state index contributed by atoms with van der Waals surface area (Å²) in [6, 6.07) is 9.18. The van der Waals surface area contributed by atoms with Crippen LogP contribution >= 0.6 is 11.6 Å². The number of benzene rings is 2. The molecule has 0 radical (unpaired) electrons. The first-order valence-corrected chi connectivity index (χ1v) is 10.3. The Hall–Kier alpha value is -2.49. The molecule has 1 heterocycles. The zero-order valence-corrected chi connectivity index (χ0v) is 16.6. The SMILES string of the molecule is COc1ccc(Cl)cc1NC(=O)CCNS(=O)(=O)c1ccc2c(c1)OCCO2. The van der Waals surface area contributed by atoms with Crippen LogP contribution in [0.5, 0.6) is 17.2 Å². The molecule has 0 saturated heterocycles. The molecule has 1 amide bonds. The Kier molecular flexibility index (Phi) is 6.28. The highest BCUT2D eigenvalue weighted by atomic mass is 35.5. The van der Waals surface area contributed by atoms with Crippen LogP contribution in [0.3, 0.4) is 0 Å². The molecule has 0 atom stereocenters. The number of halogens is 1. The van der Waals surface area contributed by atoms with Crippen LogP contribution in [0.1, 0.15) is 6.42 Å². The highest BCUT2D eigenvalue weighted by molar-refractivity contribution is 7.89. The number of nitrogens with one attached hydrogen (secondary N) is 2. The van der Waals surface area contributed by atoms with E-state index in [0.29, 0.717) is 41.2 Å². The van der Waals surface area contributed by atoms with Gasteiger partial charge in [0.1, 0.15) is 19.0 Å². The summed E-state index contributed by atoms with van der Waals surface area (Å²) < 4.78 is 43.2. The van der Waals surface area contributed by atoms with Crippen molar-refractivity contribution in [3.05, 3.63) is 41.4 Å². The second-order valence-corrected chi connectivity index (χ2v) is 8.05. The summed E-state index contributed by atoms with van der Waals surface area (Å²) in [5.41, 5.74) is 0.412. The molecule has 0 aromatic heterocycles. The molecule has 0 spiro atoms. The summed E-state index contributed by atoms with van der Waals surface area (Å²) in [5, 5.41) is 3.09. The molecule has 1 aliphatic rings. The second kappa shape index (κ2) is 8.68. The third-order valence-electron chi connectivity index (χ3n) is 3.90. The lowest BCUT2D eigenvalue weighted by atomic mass is 10.2. The summed E-state index contributed by atoms with van der Waals surface area (Å²) in [7, 11) is -2.32. The minimum absolute atomic E-state index is 0.0358. The van der Waals surface area contributed by atoms with E-state index in [4.69, 9.17) is 25.8 Å². The van der Waals surface area contributed by atoms with Gasteiger partial charge in [0.15, 0.2) is 11.5 Å². The van der Waals surface area contributed by atoms with E-state index in [2.05, 4.69) is 10.0 Å². The van der Waals surface area contributed by atoms with Gasteiger partial charge in [0.25, 0.3) is 0 Å². The molecule has 10 heteroatoms. The van der Waals surface area contributed by atoms with Gasteiger partial charge in [-0.1, -0.05) is 11.6 Å². The van der Waals surface area contributed by atoms with Gasteiger partial charge >= 0.3 is 0 Å². The number of methoxy groups -OCH3 is 1. The molecule has 2 aromatic carbocycles. The number of hydrogen-bond donors (Lipinski definition) is 2. The number of hydrogen-bond acceptors (Lipinski definition) is 6. The number of anilines is 1. The lowest BCUT2D eigenvalue weighted by molar-refractivity contribution is -0.116. The number of fused-ring (bicyclic) bond motifs is 1. The van der Waals surface area contributed by atoms with Crippen molar-refractivity contribution in [3.63, 3.8) is 0 Å². The first-order valence-electron chi connectivity index (χ1n) is 8.42. The topological polar surface area (TPSA) is 103 Å². The largest absolute Gasteiger partial charge is 0.495 e. The predicted octanol–water partition coefficient (Wildman–Crippen LogP) is 2.43. The summed E-state index contributed by atoms with van der Waals surface area (Å²) in [6.45, 7) is 0.701. The predicted molar refractivity (Wildman–Crippen MR) is 104 cm³/mol. The van der Waals surface area contributed by atoms with E-state index in [9.17, 15) is 13.2 Å². The summed E-state index contributed by atoms with van der Waals surface area (Å²) in [5.74, 6) is 0.944. The first kappa shape index (κ1) is 20.2. The van der Waals surface area contributed by atoms with Gasteiger partial charge in [0.2, 0.25) is 15.9 Å². The number of rotatable bonds is 7. The molecule has 1 aliphatic heterocycles. The summed E-state index contributed by atoms with van der Waals surface area (Å²) in [6.07, 6.45) is -0.0700. The van der Waals surface area contributed by atoms with Crippen LogP contribution < -0.4 is 24.2 Å². The smallest absolute Gasteiger partial charge is 0.240 e. The van der Waals surface area contributed by atoms with Gasteiger partial charge in [-0.25, -0.2) is 13.1 Å². The number of amides is 1. The molecular formula is C18H19ClN2O6S. The van der Waals surface area contributed by atoms with E-state index >= 15 is 0 Å². The number of carbonyl (C=O) groups excluding carboxylic acids is 1. The minimum Gasteiger partial charge on any atom is -0.495 e. The average Bonchev–Trinajstić information content (AvgIpc) is 2.67. The Bertz CT molecular complexity index is 980. The summed E-state index contributed by atoms with van der Waals surface area (Å²) in [4.78, 5) is 12.2. The molecule has 0 fully saturated rings. The minimum atomic E-state index is -3.79. The van der Waals surface area contributed by atoms with Crippen molar-refractivity contribution in [3.8, 4) is 17.2 Å². The van der Waals surface area contributed by atoms with Crippen molar-refractivity contribution in [2.45, 2.75) is 11.3 Å². The summed E-state index contributed by atoms with van der Waals surface area (Å²) >= 11 is 5.92. The number of sulfonamides is 1. The maximum Gasteiger partial charge on any atom is 0.240 e. The molecule has 28 heavy (non-hydrogen) atoms. The molecular weight excluding hydrogens is 408 g/mol. The van der Waals surface area contributed by atoms with E-state index in [1.54, 1.807) is 24.3 Å². The van der Waals surface area contributed by atoms with Crippen LogP contribution in [0, 0.1) is 0 Å².